The molecule has 0 aliphatic heterocycles. The molecule has 13 heavy (non-hydrogen) atoms. The Bertz CT molecular complexity index is 151. The topological polar surface area (TPSA) is 55.8 Å². The van der Waals surface area contributed by atoms with Crippen LogP contribution in [0.1, 0.15) is 13.8 Å². The molecular formula is C8H15IO4. The zero-order chi connectivity index (χ0) is 10.3. The van der Waals surface area contributed by atoms with Crippen molar-refractivity contribution in [1.29, 1.82) is 0 Å². The maximum absolute atomic E-state index is 10.4. The lowest BCUT2D eigenvalue weighted by molar-refractivity contribution is -0.151. The minimum Gasteiger partial charge on any atom is -0.479 e. The van der Waals surface area contributed by atoms with Crippen LogP contribution in [-0.2, 0) is 14.3 Å². The fourth-order valence-corrected chi connectivity index (χ4v) is 0.899. The molecule has 0 spiro atoms. The molecule has 0 heterocycles. The van der Waals surface area contributed by atoms with E-state index in [2.05, 4.69) is 22.6 Å². The largest absolute Gasteiger partial charge is 0.479 e. The van der Waals surface area contributed by atoms with Gasteiger partial charge in [-0.2, -0.15) is 0 Å². The smallest absolute Gasteiger partial charge is 0.332 e. The Morgan fingerprint density at radius 3 is 2.54 bits per heavy atom. The normalized spacial score (nSPS) is 15.3. The average molecular weight is 302 g/mol. The number of rotatable bonds is 7. The van der Waals surface area contributed by atoms with Crippen molar-refractivity contribution in [2.24, 2.45) is 0 Å². The number of hydrogen-bond donors (Lipinski definition) is 1. The summed E-state index contributed by atoms with van der Waals surface area (Å²) in [6.45, 7) is 4.37. The molecule has 0 bridgehead atoms. The summed E-state index contributed by atoms with van der Waals surface area (Å²) in [7, 11) is 0. The summed E-state index contributed by atoms with van der Waals surface area (Å²) in [4.78, 5) is 10.4. The van der Waals surface area contributed by atoms with Gasteiger partial charge < -0.3 is 14.6 Å². The van der Waals surface area contributed by atoms with Gasteiger partial charge in [0.05, 0.1) is 19.3 Å². The minimum atomic E-state index is -0.943. The Kier molecular flexibility index (Phi) is 7.59. The molecule has 0 aliphatic rings. The third kappa shape index (κ3) is 7.21. The van der Waals surface area contributed by atoms with Gasteiger partial charge in [-0.15, -0.1) is 0 Å². The predicted molar refractivity (Wildman–Crippen MR) is 57.4 cm³/mol. The van der Waals surface area contributed by atoms with Crippen molar-refractivity contribution in [3.05, 3.63) is 0 Å². The van der Waals surface area contributed by atoms with Gasteiger partial charge in [0.25, 0.3) is 0 Å². The number of hydrogen-bond acceptors (Lipinski definition) is 3. The van der Waals surface area contributed by atoms with Crippen molar-refractivity contribution in [3.8, 4) is 0 Å². The molecule has 0 aromatic rings. The lowest BCUT2D eigenvalue weighted by atomic mass is 10.4. The molecule has 0 saturated heterocycles. The van der Waals surface area contributed by atoms with Crippen LogP contribution in [0.15, 0.2) is 0 Å². The molecule has 5 heteroatoms. The van der Waals surface area contributed by atoms with E-state index in [0.717, 1.165) is 4.43 Å². The molecule has 2 unspecified atom stereocenters. The van der Waals surface area contributed by atoms with E-state index in [-0.39, 0.29) is 6.10 Å². The summed E-state index contributed by atoms with van der Waals surface area (Å²) < 4.78 is 11.3. The van der Waals surface area contributed by atoms with Gasteiger partial charge in [-0.1, -0.05) is 22.6 Å². The van der Waals surface area contributed by atoms with E-state index < -0.39 is 12.1 Å². The fourth-order valence-electron chi connectivity index (χ4n) is 0.645. The predicted octanol–water partition coefficient (Wildman–Crippen LogP) is 1.32. The first-order chi connectivity index (χ1) is 6.07. The number of carboxylic acid groups (broad SMARTS) is 1. The Labute approximate surface area is 91.7 Å². The summed E-state index contributed by atoms with van der Waals surface area (Å²) in [5.74, 6) is -0.943. The van der Waals surface area contributed by atoms with E-state index in [0.29, 0.717) is 13.2 Å². The molecule has 2 atom stereocenters. The van der Waals surface area contributed by atoms with Crippen molar-refractivity contribution in [2.75, 3.05) is 17.6 Å². The minimum absolute atomic E-state index is 0.0448. The number of carbonyl (C=O) groups is 1. The SMILES string of the molecule is CC(COC(C)C(=O)O)OCCI. The highest BCUT2D eigenvalue weighted by Gasteiger charge is 2.12. The monoisotopic (exact) mass is 302 g/mol. The number of alkyl halides is 1. The third-order valence-electron chi connectivity index (χ3n) is 1.41. The maximum atomic E-state index is 10.4. The Morgan fingerprint density at radius 2 is 2.08 bits per heavy atom. The van der Waals surface area contributed by atoms with E-state index in [1.54, 1.807) is 0 Å². The molecule has 0 aromatic heterocycles. The van der Waals surface area contributed by atoms with Crippen LogP contribution in [0.5, 0.6) is 0 Å². The number of halogens is 1. The summed E-state index contributed by atoms with van der Waals surface area (Å²) in [6, 6.07) is 0. The van der Waals surface area contributed by atoms with Gasteiger partial charge in [0, 0.05) is 4.43 Å². The van der Waals surface area contributed by atoms with Crippen LogP contribution in [-0.4, -0.2) is 40.9 Å². The van der Waals surface area contributed by atoms with E-state index in [1.807, 2.05) is 6.92 Å². The second-order valence-electron chi connectivity index (χ2n) is 2.68. The standard InChI is InChI=1S/C8H15IO4/c1-6(12-4-3-9)5-13-7(2)8(10)11/h6-7H,3-5H2,1-2H3,(H,10,11). The number of ether oxygens (including phenoxy) is 2. The summed E-state index contributed by atoms with van der Waals surface area (Å²) >= 11 is 2.21. The van der Waals surface area contributed by atoms with Crippen LogP contribution < -0.4 is 0 Å². The van der Waals surface area contributed by atoms with Crippen LogP contribution in [0.4, 0.5) is 0 Å². The molecule has 0 amide bonds. The molecule has 0 aliphatic carbocycles. The highest BCUT2D eigenvalue weighted by atomic mass is 127. The van der Waals surface area contributed by atoms with Crippen LogP contribution >= 0.6 is 22.6 Å². The highest BCUT2D eigenvalue weighted by molar-refractivity contribution is 14.1. The third-order valence-corrected chi connectivity index (χ3v) is 1.85. The molecular weight excluding hydrogens is 287 g/mol. The van der Waals surface area contributed by atoms with Crippen LogP contribution in [0.2, 0.25) is 0 Å². The van der Waals surface area contributed by atoms with Crippen molar-refractivity contribution in [1.82, 2.24) is 0 Å². The summed E-state index contributed by atoms with van der Waals surface area (Å²) in [5.41, 5.74) is 0. The second kappa shape index (κ2) is 7.52. The summed E-state index contributed by atoms with van der Waals surface area (Å²) in [5, 5.41) is 8.50. The number of aliphatic carboxylic acids is 1. The first-order valence-corrected chi connectivity index (χ1v) is 5.62. The van der Waals surface area contributed by atoms with Gasteiger partial charge in [-0.3, -0.25) is 0 Å². The molecule has 1 N–H and O–H groups in total. The number of carboxylic acids is 1. The van der Waals surface area contributed by atoms with E-state index in [1.165, 1.54) is 6.92 Å². The fraction of sp³-hybridized carbons (Fsp3) is 0.875. The van der Waals surface area contributed by atoms with Crippen molar-refractivity contribution in [2.45, 2.75) is 26.1 Å². The lowest BCUT2D eigenvalue weighted by Crippen LogP contribution is -2.26. The maximum Gasteiger partial charge on any atom is 0.332 e. The van der Waals surface area contributed by atoms with Crippen LogP contribution in [0.25, 0.3) is 0 Å². The first-order valence-electron chi connectivity index (χ1n) is 4.10. The zero-order valence-electron chi connectivity index (χ0n) is 7.83. The molecule has 4 nitrogen and oxygen atoms in total. The van der Waals surface area contributed by atoms with Gasteiger partial charge in [0.1, 0.15) is 0 Å². The van der Waals surface area contributed by atoms with E-state index in [9.17, 15) is 4.79 Å². The van der Waals surface area contributed by atoms with Gasteiger partial charge in [-0.25, -0.2) is 4.79 Å². The van der Waals surface area contributed by atoms with Crippen molar-refractivity contribution < 1.29 is 19.4 Å². The van der Waals surface area contributed by atoms with Crippen molar-refractivity contribution in [3.63, 3.8) is 0 Å². The molecule has 78 valence electrons. The van der Waals surface area contributed by atoms with E-state index in [4.69, 9.17) is 14.6 Å². The quantitative estimate of drug-likeness (QED) is 0.569. The highest BCUT2D eigenvalue weighted by Crippen LogP contribution is 1.97. The second-order valence-corrected chi connectivity index (χ2v) is 3.76. The molecule has 0 rings (SSSR count). The summed E-state index contributed by atoms with van der Waals surface area (Å²) in [6.07, 6.45) is -0.804. The van der Waals surface area contributed by atoms with Gasteiger partial charge in [0.2, 0.25) is 0 Å². The molecule has 0 radical (unpaired) electrons. The van der Waals surface area contributed by atoms with Gasteiger partial charge >= 0.3 is 5.97 Å². The van der Waals surface area contributed by atoms with Crippen LogP contribution in [0.3, 0.4) is 0 Å². The Morgan fingerprint density at radius 1 is 1.46 bits per heavy atom. The molecule has 0 saturated carbocycles. The van der Waals surface area contributed by atoms with E-state index >= 15 is 0 Å². The average Bonchev–Trinajstić information content (AvgIpc) is 2.10. The van der Waals surface area contributed by atoms with Gasteiger partial charge in [-0.05, 0) is 13.8 Å². The van der Waals surface area contributed by atoms with Gasteiger partial charge in [0.15, 0.2) is 6.10 Å². The Hall–Kier alpha value is 0.120. The Balaban J connectivity index is 3.45. The molecule has 0 fully saturated rings. The molecule has 0 aromatic carbocycles. The van der Waals surface area contributed by atoms with Crippen molar-refractivity contribution >= 4 is 28.6 Å². The zero-order valence-corrected chi connectivity index (χ0v) is 9.98. The van der Waals surface area contributed by atoms with Crippen LogP contribution in [0, 0.1) is 0 Å². The first kappa shape index (κ1) is 13.1. The lowest BCUT2D eigenvalue weighted by Gasteiger charge is -2.14.